The van der Waals surface area contributed by atoms with Crippen molar-refractivity contribution < 1.29 is 19.1 Å². The highest BCUT2D eigenvalue weighted by Crippen LogP contribution is 2.41. The average Bonchev–Trinajstić information content (AvgIpc) is 2.85. The van der Waals surface area contributed by atoms with Gasteiger partial charge in [0.05, 0.1) is 5.57 Å². The molecule has 3 rings (SSSR count). The van der Waals surface area contributed by atoms with Crippen LogP contribution in [0.4, 0.5) is 5.69 Å². The van der Waals surface area contributed by atoms with Gasteiger partial charge in [0.25, 0.3) is 5.91 Å². The molecule has 138 valence electrons. The van der Waals surface area contributed by atoms with Crippen LogP contribution in [0.2, 0.25) is 0 Å². The molecule has 1 aromatic carbocycles. The molecule has 1 spiro atoms. The standard InChI is InChI=1S/C20H24N2O4/c1-4-15-7-5-6-8-16(15)21-18(24)17-13(2)19(25)26-20(17)9-11-22(12-10-20)14(3)23/h5-8H,4,9-12H2,1-3H3,(H,21,24). The number of benzene rings is 1. The first-order chi connectivity index (χ1) is 12.4. The van der Waals surface area contributed by atoms with Gasteiger partial charge in [0.2, 0.25) is 5.91 Å². The number of carbonyl (C=O) groups excluding carboxylic acids is 3. The molecule has 0 aliphatic carbocycles. The molecule has 0 bridgehead atoms. The molecule has 1 fully saturated rings. The van der Waals surface area contributed by atoms with E-state index in [1.54, 1.807) is 11.8 Å². The van der Waals surface area contributed by atoms with E-state index in [0.717, 1.165) is 17.7 Å². The van der Waals surface area contributed by atoms with E-state index < -0.39 is 11.6 Å². The highest BCUT2D eigenvalue weighted by molar-refractivity contribution is 6.12. The highest BCUT2D eigenvalue weighted by Gasteiger charge is 2.51. The van der Waals surface area contributed by atoms with Crippen LogP contribution in [0.5, 0.6) is 0 Å². The summed E-state index contributed by atoms with van der Waals surface area (Å²) >= 11 is 0. The van der Waals surface area contributed by atoms with E-state index in [-0.39, 0.29) is 11.8 Å². The predicted octanol–water partition coefficient (Wildman–Crippen LogP) is 2.44. The molecular weight excluding hydrogens is 332 g/mol. The second-order valence-corrected chi connectivity index (χ2v) is 6.85. The van der Waals surface area contributed by atoms with Crippen LogP contribution in [0.1, 0.15) is 39.2 Å². The molecule has 1 aromatic rings. The number of esters is 1. The van der Waals surface area contributed by atoms with Gasteiger partial charge in [0.15, 0.2) is 0 Å². The minimum absolute atomic E-state index is 0.00671. The van der Waals surface area contributed by atoms with E-state index in [4.69, 9.17) is 4.74 Å². The topological polar surface area (TPSA) is 75.7 Å². The maximum atomic E-state index is 13.0. The van der Waals surface area contributed by atoms with Crippen molar-refractivity contribution in [2.45, 2.75) is 45.6 Å². The number of anilines is 1. The molecule has 6 heteroatoms. The van der Waals surface area contributed by atoms with Gasteiger partial charge in [0.1, 0.15) is 5.60 Å². The average molecular weight is 356 g/mol. The van der Waals surface area contributed by atoms with Gasteiger partial charge in [-0.1, -0.05) is 25.1 Å². The van der Waals surface area contributed by atoms with Crippen LogP contribution < -0.4 is 5.32 Å². The van der Waals surface area contributed by atoms with Gasteiger partial charge >= 0.3 is 5.97 Å². The van der Waals surface area contributed by atoms with Crippen LogP contribution in [0.25, 0.3) is 0 Å². The number of para-hydroxylation sites is 1. The fourth-order valence-electron chi connectivity index (χ4n) is 3.80. The number of ether oxygens (including phenoxy) is 1. The van der Waals surface area contributed by atoms with Crippen LogP contribution in [-0.2, 0) is 25.5 Å². The summed E-state index contributed by atoms with van der Waals surface area (Å²) in [6.45, 7) is 6.12. The van der Waals surface area contributed by atoms with E-state index in [9.17, 15) is 14.4 Å². The minimum atomic E-state index is -0.932. The first-order valence-electron chi connectivity index (χ1n) is 8.97. The molecule has 0 atom stereocenters. The summed E-state index contributed by atoms with van der Waals surface area (Å²) < 4.78 is 5.65. The molecule has 2 heterocycles. The number of piperidine rings is 1. The zero-order valence-electron chi connectivity index (χ0n) is 15.4. The maximum absolute atomic E-state index is 13.0. The summed E-state index contributed by atoms with van der Waals surface area (Å²) in [6.07, 6.45) is 1.67. The molecule has 6 nitrogen and oxygen atoms in total. The van der Waals surface area contributed by atoms with Crippen molar-refractivity contribution in [1.29, 1.82) is 0 Å². The SMILES string of the molecule is CCc1ccccc1NC(=O)C1=C(C)C(=O)OC12CCN(C(C)=O)CC2. The second kappa shape index (κ2) is 6.94. The van der Waals surface area contributed by atoms with E-state index in [0.29, 0.717) is 37.1 Å². The third-order valence-corrected chi connectivity index (χ3v) is 5.31. The van der Waals surface area contributed by atoms with Gasteiger partial charge in [0, 0.05) is 44.1 Å². The number of nitrogens with one attached hydrogen (secondary N) is 1. The Morgan fingerprint density at radius 2 is 1.88 bits per heavy atom. The van der Waals surface area contributed by atoms with Crippen molar-refractivity contribution in [3.05, 3.63) is 41.0 Å². The number of hydrogen-bond donors (Lipinski definition) is 1. The fraction of sp³-hybridized carbons (Fsp3) is 0.450. The van der Waals surface area contributed by atoms with Crippen molar-refractivity contribution >= 4 is 23.5 Å². The van der Waals surface area contributed by atoms with E-state index >= 15 is 0 Å². The van der Waals surface area contributed by atoms with Crippen LogP contribution in [0, 0.1) is 0 Å². The van der Waals surface area contributed by atoms with Gasteiger partial charge < -0.3 is 15.0 Å². The van der Waals surface area contributed by atoms with Crippen LogP contribution in [-0.4, -0.2) is 41.4 Å². The zero-order valence-corrected chi connectivity index (χ0v) is 15.4. The largest absolute Gasteiger partial charge is 0.450 e. The third-order valence-electron chi connectivity index (χ3n) is 5.31. The third kappa shape index (κ3) is 3.11. The van der Waals surface area contributed by atoms with Crippen molar-refractivity contribution in [3.8, 4) is 0 Å². The van der Waals surface area contributed by atoms with Gasteiger partial charge in [-0.3, -0.25) is 9.59 Å². The van der Waals surface area contributed by atoms with Gasteiger partial charge in [-0.25, -0.2) is 4.79 Å². The predicted molar refractivity (Wildman–Crippen MR) is 97.5 cm³/mol. The number of carbonyl (C=O) groups is 3. The van der Waals surface area contributed by atoms with Gasteiger partial charge in [-0.05, 0) is 25.0 Å². The minimum Gasteiger partial charge on any atom is -0.450 e. The van der Waals surface area contributed by atoms with E-state index in [1.807, 2.05) is 31.2 Å². The van der Waals surface area contributed by atoms with Crippen molar-refractivity contribution in [3.63, 3.8) is 0 Å². The van der Waals surface area contributed by atoms with E-state index in [2.05, 4.69) is 5.32 Å². The Morgan fingerprint density at radius 3 is 2.50 bits per heavy atom. The lowest BCUT2D eigenvalue weighted by Crippen LogP contribution is -2.49. The van der Waals surface area contributed by atoms with Crippen LogP contribution >= 0.6 is 0 Å². The Morgan fingerprint density at radius 1 is 1.23 bits per heavy atom. The summed E-state index contributed by atoms with van der Waals surface area (Å²) in [4.78, 5) is 38.6. The molecule has 2 amide bonds. The number of rotatable bonds is 3. The lowest BCUT2D eigenvalue weighted by Gasteiger charge is -2.39. The molecular formula is C20H24N2O4. The molecule has 2 aliphatic heterocycles. The summed E-state index contributed by atoms with van der Waals surface area (Å²) in [5.41, 5.74) is 1.60. The Labute approximate surface area is 153 Å². The lowest BCUT2D eigenvalue weighted by atomic mass is 9.82. The summed E-state index contributed by atoms with van der Waals surface area (Å²) in [5.74, 6) is -0.756. The Bertz CT molecular complexity index is 789. The summed E-state index contributed by atoms with van der Waals surface area (Å²) in [5, 5.41) is 2.95. The number of hydrogen-bond acceptors (Lipinski definition) is 4. The first kappa shape index (κ1) is 18.2. The lowest BCUT2D eigenvalue weighted by molar-refractivity contribution is -0.152. The monoisotopic (exact) mass is 356 g/mol. The van der Waals surface area contributed by atoms with Crippen molar-refractivity contribution in [2.75, 3.05) is 18.4 Å². The number of likely N-dealkylation sites (tertiary alicyclic amines) is 1. The normalized spacial score (nSPS) is 18.9. The Balaban J connectivity index is 1.87. The number of nitrogens with zero attached hydrogens (tertiary/aromatic N) is 1. The van der Waals surface area contributed by atoms with Crippen LogP contribution in [0.15, 0.2) is 35.4 Å². The number of amides is 2. The highest BCUT2D eigenvalue weighted by atomic mass is 16.6. The molecule has 2 aliphatic rings. The molecule has 26 heavy (non-hydrogen) atoms. The smallest absolute Gasteiger partial charge is 0.335 e. The van der Waals surface area contributed by atoms with Crippen molar-refractivity contribution in [2.24, 2.45) is 0 Å². The molecule has 0 unspecified atom stereocenters. The van der Waals surface area contributed by atoms with Gasteiger partial charge in [-0.15, -0.1) is 0 Å². The zero-order chi connectivity index (χ0) is 18.9. The molecule has 0 aromatic heterocycles. The molecule has 0 radical (unpaired) electrons. The number of aryl methyl sites for hydroxylation is 1. The van der Waals surface area contributed by atoms with Crippen LogP contribution in [0.3, 0.4) is 0 Å². The van der Waals surface area contributed by atoms with Gasteiger partial charge in [-0.2, -0.15) is 0 Å². The summed E-state index contributed by atoms with van der Waals surface area (Å²) in [7, 11) is 0. The molecule has 1 saturated heterocycles. The quantitative estimate of drug-likeness (QED) is 0.844. The molecule has 0 saturated carbocycles. The fourth-order valence-corrected chi connectivity index (χ4v) is 3.80. The van der Waals surface area contributed by atoms with E-state index in [1.165, 1.54) is 6.92 Å². The second-order valence-electron chi connectivity index (χ2n) is 6.85. The maximum Gasteiger partial charge on any atom is 0.335 e. The molecule has 1 N–H and O–H groups in total. The summed E-state index contributed by atoms with van der Waals surface area (Å²) in [6, 6.07) is 7.62. The Hall–Kier alpha value is -2.63. The first-order valence-corrected chi connectivity index (χ1v) is 8.97. The Kier molecular flexibility index (Phi) is 4.85. The van der Waals surface area contributed by atoms with Crippen molar-refractivity contribution in [1.82, 2.24) is 4.90 Å².